The van der Waals surface area contributed by atoms with Gasteiger partial charge in [0.05, 0.1) is 0 Å². The van der Waals surface area contributed by atoms with Gasteiger partial charge in [-0.3, -0.25) is 9.59 Å². The molecule has 0 atom stereocenters. The van der Waals surface area contributed by atoms with Gasteiger partial charge in [0.15, 0.2) is 0 Å². The largest absolute Gasteiger partial charge is 0.333 e. The monoisotopic (exact) mass is 273 g/mol. The zero-order chi connectivity index (χ0) is 14.4. The van der Waals surface area contributed by atoms with E-state index in [1.165, 1.54) is 0 Å². The average Bonchev–Trinajstić information content (AvgIpc) is 2.48. The van der Waals surface area contributed by atoms with Gasteiger partial charge in [-0.2, -0.15) is 5.10 Å². The quantitative estimate of drug-likeness (QED) is 0.887. The van der Waals surface area contributed by atoms with Crippen LogP contribution in [0.5, 0.6) is 0 Å². The molecule has 0 aliphatic carbocycles. The van der Waals surface area contributed by atoms with Gasteiger partial charge in [0.25, 0.3) is 5.91 Å². The van der Waals surface area contributed by atoms with E-state index in [-0.39, 0.29) is 11.8 Å². The zero-order valence-corrected chi connectivity index (χ0v) is 11.6. The predicted molar refractivity (Wildman–Crippen MR) is 77.0 cm³/mol. The van der Waals surface area contributed by atoms with Crippen molar-refractivity contribution >= 4 is 17.5 Å². The van der Waals surface area contributed by atoms with Gasteiger partial charge < -0.3 is 4.90 Å². The van der Waals surface area contributed by atoms with Crippen LogP contribution >= 0.6 is 0 Å². The second kappa shape index (κ2) is 6.84. The molecule has 1 aliphatic rings. The Labute approximate surface area is 118 Å². The van der Waals surface area contributed by atoms with Crippen molar-refractivity contribution < 1.29 is 9.59 Å². The summed E-state index contributed by atoms with van der Waals surface area (Å²) in [4.78, 5) is 25.3. The van der Waals surface area contributed by atoms with Crippen molar-refractivity contribution in [2.24, 2.45) is 5.10 Å². The fourth-order valence-corrected chi connectivity index (χ4v) is 2.14. The number of carbonyl (C=O) groups is 2. The molecule has 0 bridgehead atoms. The summed E-state index contributed by atoms with van der Waals surface area (Å²) in [6, 6.07) is 9.88. The minimum atomic E-state index is -0.133. The molecule has 0 spiro atoms. The van der Waals surface area contributed by atoms with Gasteiger partial charge in [0, 0.05) is 25.9 Å². The Morgan fingerprint density at radius 2 is 2.05 bits per heavy atom. The SMILES string of the molecule is CCCN(Cc1ccccc1)C(=O)C1=NNC(=O)CC1. The Kier molecular flexibility index (Phi) is 4.87. The van der Waals surface area contributed by atoms with Gasteiger partial charge in [-0.15, -0.1) is 0 Å². The Morgan fingerprint density at radius 1 is 1.30 bits per heavy atom. The van der Waals surface area contributed by atoms with E-state index in [0.29, 0.717) is 31.6 Å². The minimum absolute atomic E-state index is 0.0873. The van der Waals surface area contributed by atoms with Crippen LogP contribution in [0.2, 0.25) is 0 Å². The molecule has 0 fully saturated rings. The van der Waals surface area contributed by atoms with Crippen LogP contribution in [-0.4, -0.2) is 29.0 Å². The lowest BCUT2D eigenvalue weighted by atomic mass is 10.1. The summed E-state index contributed by atoms with van der Waals surface area (Å²) in [5.41, 5.74) is 3.91. The summed E-state index contributed by atoms with van der Waals surface area (Å²) < 4.78 is 0. The molecule has 1 aliphatic heterocycles. The highest BCUT2D eigenvalue weighted by atomic mass is 16.2. The number of hydrogen-bond donors (Lipinski definition) is 1. The smallest absolute Gasteiger partial charge is 0.270 e. The first-order chi connectivity index (χ1) is 9.70. The molecule has 2 amide bonds. The van der Waals surface area contributed by atoms with E-state index in [0.717, 1.165) is 12.0 Å². The van der Waals surface area contributed by atoms with E-state index in [2.05, 4.69) is 10.5 Å². The lowest BCUT2D eigenvalue weighted by Crippen LogP contribution is -2.40. The number of rotatable bonds is 5. The molecule has 5 nitrogen and oxygen atoms in total. The van der Waals surface area contributed by atoms with E-state index < -0.39 is 0 Å². The molecule has 0 aromatic heterocycles. The number of hydrogen-bond acceptors (Lipinski definition) is 3. The van der Waals surface area contributed by atoms with Crippen LogP contribution in [0.3, 0.4) is 0 Å². The molecule has 1 aromatic rings. The third-order valence-electron chi connectivity index (χ3n) is 3.15. The van der Waals surface area contributed by atoms with Crippen molar-refractivity contribution in [1.82, 2.24) is 10.3 Å². The molecular weight excluding hydrogens is 254 g/mol. The van der Waals surface area contributed by atoms with Crippen LogP contribution < -0.4 is 5.43 Å². The van der Waals surface area contributed by atoms with Crippen LogP contribution in [0, 0.1) is 0 Å². The van der Waals surface area contributed by atoms with Crippen LogP contribution in [0.25, 0.3) is 0 Å². The Balaban J connectivity index is 2.08. The molecule has 5 heteroatoms. The second-order valence-electron chi connectivity index (χ2n) is 4.81. The number of carbonyl (C=O) groups excluding carboxylic acids is 2. The number of nitrogens with zero attached hydrogens (tertiary/aromatic N) is 2. The van der Waals surface area contributed by atoms with Crippen molar-refractivity contribution in [3.8, 4) is 0 Å². The summed E-state index contributed by atoms with van der Waals surface area (Å²) in [5.74, 6) is -0.220. The van der Waals surface area contributed by atoms with Crippen molar-refractivity contribution in [3.05, 3.63) is 35.9 Å². The molecule has 1 aromatic carbocycles. The maximum atomic E-state index is 12.4. The number of benzene rings is 1. The zero-order valence-electron chi connectivity index (χ0n) is 11.6. The van der Waals surface area contributed by atoms with Crippen molar-refractivity contribution in [3.63, 3.8) is 0 Å². The minimum Gasteiger partial charge on any atom is -0.333 e. The standard InChI is InChI=1S/C15H19N3O2/c1-2-10-18(11-12-6-4-3-5-7-12)15(20)13-8-9-14(19)17-16-13/h3-7H,2,8-11H2,1H3,(H,17,19). The molecule has 0 radical (unpaired) electrons. The number of hydrazone groups is 1. The van der Waals surface area contributed by atoms with Crippen LogP contribution in [0.1, 0.15) is 31.7 Å². The third kappa shape index (κ3) is 3.66. The molecule has 0 saturated carbocycles. The van der Waals surface area contributed by atoms with E-state index in [9.17, 15) is 9.59 Å². The summed E-state index contributed by atoms with van der Waals surface area (Å²) in [6.45, 7) is 3.29. The Bertz CT molecular complexity index is 511. The molecule has 0 unspecified atom stereocenters. The van der Waals surface area contributed by atoms with Gasteiger partial charge in [-0.25, -0.2) is 5.43 Å². The Morgan fingerprint density at radius 3 is 2.65 bits per heavy atom. The first-order valence-electron chi connectivity index (χ1n) is 6.89. The highest BCUT2D eigenvalue weighted by molar-refractivity contribution is 6.39. The Hall–Kier alpha value is -2.17. The van der Waals surface area contributed by atoms with E-state index in [4.69, 9.17) is 0 Å². The van der Waals surface area contributed by atoms with E-state index in [1.54, 1.807) is 4.90 Å². The van der Waals surface area contributed by atoms with Gasteiger partial charge in [0.2, 0.25) is 5.91 Å². The molecule has 1 heterocycles. The topological polar surface area (TPSA) is 61.8 Å². The van der Waals surface area contributed by atoms with Gasteiger partial charge in [-0.05, 0) is 12.0 Å². The highest BCUT2D eigenvalue weighted by Crippen LogP contribution is 2.09. The summed E-state index contributed by atoms with van der Waals surface area (Å²) in [6.07, 6.45) is 1.63. The average molecular weight is 273 g/mol. The fourth-order valence-electron chi connectivity index (χ4n) is 2.14. The molecule has 20 heavy (non-hydrogen) atoms. The normalized spacial score (nSPS) is 14.4. The van der Waals surface area contributed by atoms with E-state index >= 15 is 0 Å². The van der Waals surface area contributed by atoms with Gasteiger partial charge in [-0.1, -0.05) is 37.3 Å². The van der Waals surface area contributed by atoms with Crippen molar-refractivity contribution in [2.45, 2.75) is 32.7 Å². The van der Waals surface area contributed by atoms with Crippen molar-refractivity contribution in [1.29, 1.82) is 0 Å². The number of amides is 2. The lowest BCUT2D eigenvalue weighted by molar-refractivity contribution is -0.125. The predicted octanol–water partition coefficient (Wildman–Crippen LogP) is 1.69. The lowest BCUT2D eigenvalue weighted by Gasteiger charge is -2.24. The fraction of sp³-hybridized carbons (Fsp3) is 0.400. The summed E-state index contributed by atoms with van der Waals surface area (Å²) >= 11 is 0. The van der Waals surface area contributed by atoms with Gasteiger partial charge in [0.1, 0.15) is 5.71 Å². The first kappa shape index (κ1) is 14.2. The van der Waals surface area contributed by atoms with Crippen LogP contribution in [0.4, 0.5) is 0 Å². The molecule has 2 rings (SSSR count). The van der Waals surface area contributed by atoms with Crippen LogP contribution in [0.15, 0.2) is 35.4 Å². The third-order valence-corrected chi connectivity index (χ3v) is 3.15. The van der Waals surface area contributed by atoms with Gasteiger partial charge >= 0.3 is 0 Å². The highest BCUT2D eigenvalue weighted by Gasteiger charge is 2.23. The van der Waals surface area contributed by atoms with Crippen LogP contribution in [-0.2, 0) is 16.1 Å². The van der Waals surface area contributed by atoms with Crippen molar-refractivity contribution in [2.75, 3.05) is 6.54 Å². The maximum absolute atomic E-state index is 12.4. The molecule has 106 valence electrons. The molecule has 0 saturated heterocycles. The number of nitrogens with one attached hydrogen (secondary N) is 1. The first-order valence-corrected chi connectivity index (χ1v) is 6.89. The maximum Gasteiger partial charge on any atom is 0.270 e. The molecular formula is C15H19N3O2. The van der Waals surface area contributed by atoms with E-state index in [1.807, 2.05) is 37.3 Å². The second-order valence-corrected chi connectivity index (χ2v) is 4.81. The summed E-state index contributed by atoms with van der Waals surface area (Å²) in [7, 11) is 0. The summed E-state index contributed by atoms with van der Waals surface area (Å²) in [5, 5.41) is 3.88. The molecule has 1 N–H and O–H groups in total.